The summed E-state index contributed by atoms with van der Waals surface area (Å²) >= 11 is 0. The third kappa shape index (κ3) is 2.99. The maximum absolute atomic E-state index is 12.0. The monoisotopic (exact) mass is 290 g/mol. The summed E-state index contributed by atoms with van der Waals surface area (Å²) < 4.78 is 1.61. The van der Waals surface area contributed by atoms with Crippen LogP contribution in [0.25, 0.3) is 11.0 Å². The van der Waals surface area contributed by atoms with E-state index in [2.05, 4.69) is 22.3 Å². The van der Waals surface area contributed by atoms with Crippen LogP contribution >= 0.6 is 0 Å². The van der Waals surface area contributed by atoms with Crippen molar-refractivity contribution in [1.82, 2.24) is 20.1 Å². The number of fused-ring (bicyclic) bond motifs is 1. The number of unbranched alkanes of at least 4 members (excludes halogenated alkanes) is 1. The number of aromatic amines is 1. The Morgan fingerprint density at radius 2 is 2.10 bits per heavy atom. The highest BCUT2D eigenvalue weighted by Crippen LogP contribution is 2.20. The zero-order valence-electron chi connectivity index (χ0n) is 13.0. The van der Waals surface area contributed by atoms with Crippen LogP contribution in [0.3, 0.4) is 0 Å². The second-order valence-corrected chi connectivity index (χ2v) is 5.38. The van der Waals surface area contributed by atoms with Crippen molar-refractivity contribution in [3.8, 4) is 0 Å². The highest BCUT2D eigenvalue weighted by molar-refractivity contribution is 5.84. The Morgan fingerprint density at radius 1 is 1.38 bits per heavy atom. The molecule has 0 aliphatic heterocycles. The number of rotatable bonds is 5. The molecule has 0 aliphatic carbocycles. The molecule has 0 bridgehead atoms. The smallest absolute Gasteiger partial charge is 0.273 e. The SMILES string of the molecule is CCCCNC(=O)Cc1c(C)nc2c(c1C)c(=O)[nH]n2C. The number of H-pyrrole nitrogens is 1. The van der Waals surface area contributed by atoms with Gasteiger partial charge in [0, 0.05) is 19.3 Å². The van der Waals surface area contributed by atoms with E-state index >= 15 is 0 Å². The van der Waals surface area contributed by atoms with Crippen molar-refractivity contribution in [2.24, 2.45) is 7.05 Å². The molecule has 2 aromatic heterocycles. The molecule has 2 heterocycles. The molecule has 0 spiro atoms. The minimum absolute atomic E-state index is 0.0249. The van der Waals surface area contributed by atoms with Gasteiger partial charge in [-0.1, -0.05) is 13.3 Å². The first-order chi connectivity index (χ1) is 9.95. The number of amides is 1. The number of aromatic nitrogens is 3. The van der Waals surface area contributed by atoms with Crippen molar-refractivity contribution >= 4 is 16.9 Å². The van der Waals surface area contributed by atoms with Crippen LogP contribution in [-0.2, 0) is 18.3 Å². The fraction of sp³-hybridized carbons (Fsp3) is 0.533. The van der Waals surface area contributed by atoms with E-state index < -0.39 is 0 Å². The molecule has 0 unspecified atom stereocenters. The van der Waals surface area contributed by atoms with Gasteiger partial charge in [-0.15, -0.1) is 0 Å². The van der Waals surface area contributed by atoms with Gasteiger partial charge in [0.2, 0.25) is 5.91 Å². The number of nitrogens with one attached hydrogen (secondary N) is 2. The van der Waals surface area contributed by atoms with Gasteiger partial charge in [0.1, 0.15) is 0 Å². The van der Waals surface area contributed by atoms with E-state index in [0.717, 1.165) is 29.7 Å². The molecule has 0 fully saturated rings. The molecule has 0 atom stereocenters. The number of carbonyl (C=O) groups is 1. The van der Waals surface area contributed by atoms with Crippen molar-refractivity contribution < 1.29 is 4.79 Å². The molecule has 114 valence electrons. The highest BCUT2D eigenvalue weighted by Gasteiger charge is 2.17. The summed E-state index contributed by atoms with van der Waals surface area (Å²) in [7, 11) is 1.76. The van der Waals surface area contributed by atoms with Crippen molar-refractivity contribution in [2.45, 2.75) is 40.0 Å². The molecule has 6 heteroatoms. The Bertz CT molecular complexity index is 727. The minimum Gasteiger partial charge on any atom is -0.356 e. The zero-order chi connectivity index (χ0) is 15.6. The maximum atomic E-state index is 12.0. The number of carbonyl (C=O) groups excluding carboxylic acids is 1. The molecule has 0 saturated carbocycles. The van der Waals surface area contributed by atoms with Gasteiger partial charge in [-0.05, 0) is 31.4 Å². The predicted molar refractivity (Wildman–Crippen MR) is 82.4 cm³/mol. The van der Waals surface area contributed by atoms with Gasteiger partial charge in [0.05, 0.1) is 11.8 Å². The van der Waals surface area contributed by atoms with Gasteiger partial charge in [-0.25, -0.2) is 4.98 Å². The number of nitrogens with zero attached hydrogens (tertiary/aromatic N) is 2. The third-order valence-corrected chi connectivity index (χ3v) is 3.77. The lowest BCUT2D eigenvalue weighted by atomic mass is 10.0. The number of aryl methyl sites for hydroxylation is 3. The van der Waals surface area contributed by atoms with E-state index in [1.807, 2.05) is 13.8 Å². The highest BCUT2D eigenvalue weighted by atomic mass is 16.1. The van der Waals surface area contributed by atoms with Gasteiger partial charge in [-0.3, -0.25) is 19.4 Å². The van der Waals surface area contributed by atoms with E-state index in [-0.39, 0.29) is 17.9 Å². The number of pyridine rings is 1. The van der Waals surface area contributed by atoms with E-state index in [9.17, 15) is 9.59 Å². The summed E-state index contributed by atoms with van der Waals surface area (Å²) in [5.41, 5.74) is 2.94. The molecule has 0 aliphatic rings. The molecule has 2 N–H and O–H groups in total. The van der Waals surface area contributed by atoms with Crippen LogP contribution in [0.4, 0.5) is 0 Å². The molecule has 21 heavy (non-hydrogen) atoms. The lowest BCUT2D eigenvalue weighted by molar-refractivity contribution is -0.120. The Hall–Kier alpha value is -2.11. The average Bonchev–Trinajstić information content (AvgIpc) is 2.70. The summed E-state index contributed by atoms with van der Waals surface area (Å²) in [6.07, 6.45) is 2.28. The van der Waals surface area contributed by atoms with Crippen LogP contribution in [-0.4, -0.2) is 27.2 Å². The quantitative estimate of drug-likeness (QED) is 0.815. The summed E-state index contributed by atoms with van der Waals surface area (Å²) in [4.78, 5) is 28.4. The topological polar surface area (TPSA) is 79.8 Å². The predicted octanol–water partition coefficient (Wildman–Crippen LogP) is 1.34. The molecule has 0 aromatic carbocycles. The van der Waals surface area contributed by atoms with Gasteiger partial charge < -0.3 is 5.32 Å². The van der Waals surface area contributed by atoms with E-state index in [1.165, 1.54) is 0 Å². The Labute approximate surface area is 123 Å². The van der Waals surface area contributed by atoms with Crippen molar-refractivity contribution in [3.05, 3.63) is 27.2 Å². The summed E-state index contributed by atoms with van der Waals surface area (Å²) in [6.45, 7) is 6.52. The molecule has 2 rings (SSSR count). The molecule has 1 amide bonds. The maximum Gasteiger partial charge on any atom is 0.273 e. The van der Waals surface area contributed by atoms with Crippen LogP contribution in [0.15, 0.2) is 4.79 Å². The summed E-state index contributed by atoms with van der Waals surface area (Å²) in [6, 6.07) is 0. The zero-order valence-corrected chi connectivity index (χ0v) is 13.0. The van der Waals surface area contributed by atoms with Crippen molar-refractivity contribution in [2.75, 3.05) is 6.54 Å². The number of hydrogen-bond donors (Lipinski definition) is 2. The average molecular weight is 290 g/mol. The largest absolute Gasteiger partial charge is 0.356 e. The standard InChI is InChI=1S/C15H22N4O2/c1-5-6-7-16-12(20)8-11-9(2)13-14(17-10(11)3)19(4)18-15(13)21/h5-8H2,1-4H3,(H,16,20)(H,18,21). The van der Waals surface area contributed by atoms with Crippen molar-refractivity contribution in [3.63, 3.8) is 0 Å². The minimum atomic E-state index is -0.162. The van der Waals surface area contributed by atoms with Crippen molar-refractivity contribution in [1.29, 1.82) is 0 Å². The first-order valence-electron chi connectivity index (χ1n) is 7.27. The molecular weight excluding hydrogens is 268 g/mol. The Morgan fingerprint density at radius 3 is 2.76 bits per heavy atom. The second-order valence-electron chi connectivity index (χ2n) is 5.38. The second kappa shape index (κ2) is 6.11. The molecule has 0 saturated heterocycles. The lowest BCUT2D eigenvalue weighted by Crippen LogP contribution is -2.26. The van der Waals surface area contributed by atoms with Gasteiger partial charge in [0.25, 0.3) is 5.56 Å². The molecular formula is C15H22N4O2. The first kappa shape index (κ1) is 15.3. The van der Waals surface area contributed by atoms with Crippen LogP contribution < -0.4 is 10.9 Å². The van der Waals surface area contributed by atoms with Crippen LogP contribution in [0.2, 0.25) is 0 Å². The van der Waals surface area contributed by atoms with Crippen LogP contribution in [0.1, 0.15) is 36.6 Å². The molecule has 6 nitrogen and oxygen atoms in total. The Balaban J connectivity index is 2.34. The van der Waals surface area contributed by atoms with Crippen LogP contribution in [0, 0.1) is 13.8 Å². The fourth-order valence-corrected chi connectivity index (χ4v) is 2.54. The normalized spacial score (nSPS) is 11.0. The lowest BCUT2D eigenvalue weighted by Gasteiger charge is -2.10. The molecule has 0 radical (unpaired) electrons. The third-order valence-electron chi connectivity index (χ3n) is 3.77. The first-order valence-corrected chi connectivity index (χ1v) is 7.27. The van der Waals surface area contributed by atoms with E-state index in [0.29, 0.717) is 17.6 Å². The fourth-order valence-electron chi connectivity index (χ4n) is 2.54. The van der Waals surface area contributed by atoms with E-state index in [4.69, 9.17) is 0 Å². The van der Waals surface area contributed by atoms with Gasteiger partial charge in [-0.2, -0.15) is 0 Å². The molecule has 2 aromatic rings. The van der Waals surface area contributed by atoms with Gasteiger partial charge >= 0.3 is 0 Å². The van der Waals surface area contributed by atoms with Gasteiger partial charge in [0.15, 0.2) is 5.65 Å². The number of hydrogen-bond acceptors (Lipinski definition) is 3. The summed E-state index contributed by atoms with van der Waals surface area (Å²) in [5.74, 6) is -0.0249. The van der Waals surface area contributed by atoms with Crippen LogP contribution in [0.5, 0.6) is 0 Å². The van der Waals surface area contributed by atoms with E-state index in [1.54, 1.807) is 11.7 Å². The summed E-state index contributed by atoms with van der Waals surface area (Å²) in [5, 5.41) is 6.17. The Kier molecular flexibility index (Phi) is 4.45.